The van der Waals surface area contributed by atoms with Crippen LogP contribution in [-0.4, -0.2) is 30.5 Å². The molecular formula is C28H27NO5. The van der Waals surface area contributed by atoms with Gasteiger partial charge in [0.1, 0.15) is 17.3 Å². The highest BCUT2D eigenvalue weighted by Crippen LogP contribution is 2.43. The van der Waals surface area contributed by atoms with Crippen molar-refractivity contribution < 1.29 is 24.2 Å². The number of ketones is 1. The third-order valence-electron chi connectivity index (χ3n) is 5.98. The summed E-state index contributed by atoms with van der Waals surface area (Å²) in [6, 6.07) is 19.0. The Hall–Kier alpha value is -4.06. The number of amides is 1. The second-order valence-corrected chi connectivity index (χ2v) is 8.14. The minimum absolute atomic E-state index is 0.0469. The fourth-order valence-electron chi connectivity index (χ4n) is 4.33. The molecule has 0 aromatic heterocycles. The van der Waals surface area contributed by atoms with Gasteiger partial charge in [0, 0.05) is 11.3 Å². The van der Waals surface area contributed by atoms with Crippen LogP contribution in [0.15, 0.2) is 72.3 Å². The standard InChI is InChI=1S/C28H27NO5/c1-5-34-21-13-11-19(12-14-21)25-24(26(30)22-15-18(3)23(33-4)16-17(22)2)27(31)28(32)29(25)20-9-7-6-8-10-20/h6-16,25,30H,5H2,1-4H3/b26-24+. The van der Waals surface area contributed by atoms with Gasteiger partial charge in [0.05, 0.1) is 25.3 Å². The summed E-state index contributed by atoms with van der Waals surface area (Å²) in [5.74, 6) is -0.257. The minimum atomic E-state index is -0.792. The summed E-state index contributed by atoms with van der Waals surface area (Å²) in [6.45, 7) is 6.12. The number of aryl methyl sites for hydroxylation is 2. The van der Waals surface area contributed by atoms with Gasteiger partial charge in [-0.05, 0) is 73.9 Å². The number of nitrogens with zero attached hydrogens (tertiary/aromatic N) is 1. The Kier molecular flexibility index (Phi) is 6.41. The number of aliphatic hydroxyl groups is 1. The summed E-state index contributed by atoms with van der Waals surface area (Å²) in [5, 5.41) is 11.4. The Labute approximate surface area is 199 Å². The maximum Gasteiger partial charge on any atom is 0.300 e. The quantitative estimate of drug-likeness (QED) is 0.307. The Bertz CT molecular complexity index is 1260. The highest BCUT2D eigenvalue weighted by Gasteiger charge is 2.47. The molecule has 4 rings (SSSR count). The number of ether oxygens (including phenoxy) is 2. The molecule has 1 atom stereocenters. The van der Waals surface area contributed by atoms with E-state index in [1.165, 1.54) is 4.90 Å². The van der Waals surface area contributed by atoms with Crippen LogP contribution in [0.3, 0.4) is 0 Å². The first-order valence-corrected chi connectivity index (χ1v) is 11.1. The number of rotatable bonds is 6. The zero-order chi connectivity index (χ0) is 24.4. The van der Waals surface area contributed by atoms with Gasteiger partial charge in [-0.2, -0.15) is 0 Å². The molecule has 1 unspecified atom stereocenters. The molecule has 1 N–H and O–H groups in total. The third kappa shape index (κ3) is 4.03. The number of aliphatic hydroxyl groups excluding tert-OH is 1. The van der Waals surface area contributed by atoms with Crippen molar-refractivity contribution in [2.24, 2.45) is 0 Å². The summed E-state index contributed by atoms with van der Waals surface area (Å²) < 4.78 is 10.9. The van der Waals surface area contributed by atoms with E-state index in [9.17, 15) is 14.7 Å². The normalized spacial score (nSPS) is 17.2. The number of Topliss-reactive ketones (excluding diaryl/α,β-unsaturated/α-hetero) is 1. The predicted octanol–water partition coefficient (Wildman–Crippen LogP) is 5.34. The molecule has 34 heavy (non-hydrogen) atoms. The summed E-state index contributed by atoms with van der Waals surface area (Å²) in [5.41, 5.74) is 3.34. The molecule has 0 aliphatic carbocycles. The van der Waals surface area contributed by atoms with E-state index in [4.69, 9.17) is 9.47 Å². The Morgan fingerprint density at radius 3 is 2.26 bits per heavy atom. The molecule has 174 valence electrons. The maximum absolute atomic E-state index is 13.3. The first-order valence-electron chi connectivity index (χ1n) is 11.1. The molecule has 6 nitrogen and oxygen atoms in total. The number of carbonyl (C=O) groups is 2. The Morgan fingerprint density at radius 1 is 0.971 bits per heavy atom. The number of hydrogen-bond donors (Lipinski definition) is 1. The van der Waals surface area contributed by atoms with Gasteiger partial charge in [0.25, 0.3) is 11.7 Å². The van der Waals surface area contributed by atoms with Crippen molar-refractivity contribution in [1.82, 2.24) is 0 Å². The van der Waals surface area contributed by atoms with Crippen LogP contribution in [0.5, 0.6) is 11.5 Å². The Balaban J connectivity index is 1.93. The van der Waals surface area contributed by atoms with Crippen molar-refractivity contribution in [3.05, 3.63) is 94.6 Å². The van der Waals surface area contributed by atoms with Crippen LogP contribution in [0, 0.1) is 13.8 Å². The van der Waals surface area contributed by atoms with E-state index in [2.05, 4.69) is 0 Å². The van der Waals surface area contributed by atoms with Crippen LogP contribution in [0.2, 0.25) is 0 Å². The lowest BCUT2D eigenvalue weighted by molar-refractivity contribution is -0.132. The van der Waals surface area contributed by atoms with Gasteiger partial charge in [0.15, 0.2) is 0 Å². The molecule has 0 spiro atoms. The summed E-state index contributed by atoms with van der Waals surface area (Å²) >= 11 is 0. The average molecular weight is 458 g/mol. The van der Waals surface area contributed by atoms with Gasteiger partial charge in [0.2, 0.25) is 0 Å². The van der Waals surface area contributed by atoms with Crippen molar-refractivity contribution in [3.8, 4) is 11.5 Å². The average Bonchev–Trinajstić information content (AvgIpc) is 3.11. The molecule has 0 saturated carbocycles. The fraction of sp³-hybridized carbons (Fsp3) is 0.214. The van der Waals surface area contributed by atoms with Gasteiger partial charge < -0.3 is 14.6 Å². The number of anilines is 1. The lowest BCUT2D eigenvalue weighted by atomic mass is 9.93. The van der Waals surface area contributed by atoms with E-state index in [1.54, 1.807) is 49.6 Å². The molecule has 1 heterocycles. The van der Waals surface area contributed by atoms with Crippen LogP contribution in [-0.2, 0) is 9.59 Å². The monoisotopic (exact) mass is 457 g/mol. The second kappa shape index (κ2) is 9.43. The summed E-state index contributed by atoms with van der Waals surface area (Å²) in [7, 11) is 1.58. The first-order chi connectivity index (χ1) is 16.4. The number of benzene rings is 3. The highest BCUT2D eigenvalue weighted by molar-refractivity contribution is 6.51. The number of carbonyl (C=O) groups excluding carboxylic acids is 2. The van der Waals surface area contributed by atoms with E-state index >= 15 is 0 Å². The lowest BCUT2D eigenvalue weighted by Crippen LogP contribution is -2.29. The molecule has 1 fully saturated rings. The maximum atomic E-state index is 13.3. The fourth-order valence-corrected chi connectivity index (χ4v) is 4.33. The van der Waals surface area contributed by atoms with Crippen LogP contribution in [0.1, 0.15) is 35.2 Å². The SMILES string of the molecule is CCOc1ccc(C2/C(=C(\O)c3cc(C)c(OC)cc3C)C(=O)C(=O)N2c2ccccc2)cc1. The van der Waals surface area contributed by atoms with Crippen molar-refractivity contribution in [2.45, 2.75) is 26.8 Å². The van der Waals surface area contributed by atoms with E-state index in [0.29, 0.717) is 34.9 Å². The Morgan fingerprint density at radius 2 is 1.65 bits per heavy atom. The van der Waals surface area contributed by atoms with Crippen molar-refractivity contribution in [1.29, 1.82) is 0 Å². The first kappa shape index (κ1) is 23.1. The topological polar surface area (TPSA) is 76.1 Å². The molecule has 0 radical (unpaired) electrons. The second-order valence-electron chi connectivity index (χ2n) is 8.14. The summed E-state index contributed by atoms with van der Waals surface area (Å²) in [4.78, 5) is 28.0. The zero-order valence-corrected chi connectivity index (χ0v) is 19.7. The van der Waals surface area contributed by atoms with Crippen LogP contribution >= 0.6 is 0 Å². The van der Waals surface area contributed by atoms with E-state index in [-0.39, 0.29) is 11.3 Å². The highest BCUT2D eigenvalue weighted by atomic mass is 16.5. The lowest BCUT2D eigenvalue weighted by Gasteiger charge is -2.25. The smallest absolute Gasteiger partial charge is 0.300 e. The zero-order valence-electron chi connectivity index (χ0n) is 19.7. The molecule has 6 heteroatoms. The van der Waals surface area contributed by atoms with E-state index in [0.717, 1.165) is 11.1 Å². The molecule has 1 aliphatic rings. The summed E-state index contributed by atoms with van der Waals surface area (Å²) in [6.07, 6.45) is 0. The van der Waals surface area contributed by atoms with Gasteiger partial charge in [-0.1, -0.05) is 30.3 Å². The molecule has 1 amide bonds. The molecule has 0 bridgehead atoms. The molecule has 3 aromatic rings. The van der Waals surface area contributed by atoms with Crippen LogP contribution in [0.25, 0.3) is 5.76 Å². The van der Waals surface area contributed by atoms with Crippen molar-refractivity contribution >= 4 is 23.1 Å². The van der Waals surface area contributed by atoms with E-state index < -0.39 is 17.7 Å². The van der Waals surface area contributed by atoms with Gasteiger partial charge in [-0.25, -0.2) is 0 Å². The van der Waals surface area contributed by atoms with Gasteiger partial charge in [-0.15, -0.1) is 0 Å². The predicted molar refractivity (Wildman–Crippen MR) is 131 cm³/mol. The minimum Gasteiger partial charge on any atom is -0.507 e. The van der Waals surface area contributed by atoms with Crippen LogP contribution < -0.4 is 14.4 Å². The molecule has 3 aromatic carbocycles. The van der Waals surface area contributed by atoms with E-state index in [1.807, 2.05) is 45.0 Å². The van der Waals surface area contributed by atoms with Gasteiger partial charge >= 0.3 is 0 Å². The van der Waals surface area contributed by atoms with Gasteiger partial charge in [-0.3, -0.25) is 14.5 Å². The third-order valence-corrected chi connectivity index (χ3v) is 5.98. The number of hydrogen-bond acceptors (Lipinski definition) is 5. The molecule has 1 saturated heterocycles. The molecule has 1 aliphatic heterocycles. The van der Waals surface area contributed by atoms with Crippen molar-refractivity contribution in [3.63, 3.8) is 0 Å². The van der Waals surface area contributed by atoms with Crippen molar-refractivity contribution in [2.75, 3.05) is 18.6 Å². The largest absolute Gasteiger partial charge is 0.507 e. The number of methoxy groups -OCH3 is 1. The number of para-hydroxylation sites is 1. The van der Waals surface area contributed by atoms with Crippen LogP contribution in [0.4, 0.5) is 5.69 Å². The molecular weight excluding hydrogens is 430 g/mol.